The largest absolute Gasteiger partial charge is 0.468 e. The average Bonchev–Trinajstić information content (AvgIpc) is 2.83. The molecule has 1 heterocycles. The quantitative estimate of drug-likeness (QED) is 0.421. The first-order valence-electron chi connectivity index (χ1n) is 10.2. The summed E-state index contributed by atoms with van der Waals surface area (Å²) in [5.74, 6) is -0.807. The van der Waals surface area contributed by atoms with Gasteiger partial charge in [-0.3, -0.25) is 14.5 Å². The molecule has 0 saturated carbocycles. The summed E-state index contributed by atoms with van der Waals surface area (Å²) in [6.07, 6.45) is 1.28. The van der Waals surface area contributed by atoms with Crippen molar-refractivity contribution in [3.8, 4) is 6.07 Å². The Morgan fingerprint density at radius 3 is 2.06 bits per heavy atom. The van der Waals surface area contributed by atoms with Gasteiger partial charge in [0.1, 0.15) is 18.2 Å². The molecule has 0 radical (unpaired) electrons. The predicted octanol–water partition coefficient (Wildman–Crippen LogP) is 2.09. The second-order valence-electron chi connectivity index (χ2n) is 7.18. The number of nitriles is 1. The number of methoxy groups -OCH3 is 1. The molecule has 3 rings (SSSR count). The first-order chi connectivity index (χ1) is 15.1. The van der Waals surface area contributed by atoms with Crippen LogP contribution in [0, 0.1) is 11.3 Å². The van der Waals surface area contributed by atoms with Gasteiger partial charge in [-0.15, -0.1) is 0 Å². The molecule has 2 aromatic carbocycles. The molecule has 0 spiro atoms. The third kappa shape index (κ3) is 5.71. The Balaban J connectivity index is 1.68. The number of hydrogen-bond donors (Lipinski definition) is 1. The van der Waals surface area contributed by atoms with Crippen LogP contribution in [0.3, 0.4) is 0 Å². The first kappa shape index (κ1) is 22.1. The Kier molecular flexibility index (Phi) is 7.79. The molecule has 7 nitrogen and oxygen atoms in total. The van der Waals surface area contributed by atoms with E-state index in [0.717, 1.165) is 0 Å². The van der Waals surface area contributed by atoms with Gasteiger partial charge in [0.2, 0.25) is 0 Å². The van der Waals surface area contributed by atoms with Gasteiger partial charge in [0.05, 0.1) is 13.2 Å². The molecule has 1 fully saturated rings. The lowest BCUT2D eigenvalue weighted by atomic mass is 9.96. The minimum Gasteiger partial charge on any atom is -0.468 e. The van der Waals surface area contributed by atoms with E-state index >= 15 is 0 Å². The highest BCUT2D eigenvalue weighted by Crippen LogP contribution is 2.29. The number of benzene rings is 2. The van der Waals surface area contributed by atoms with Crippen LogP contribution >= 0.6 is 0 Å². The third-order valence-corrected chi connectivity index (χ3v) is 5.27. The lowest BCUT2D eigenvalue weighted by molar-refractivity contribution is -0.139. The molecule has 160 valence electrons. The van der Waals surface area contributed by atoms with Crippen LogP contribution in [0.25, 0.3) is 0 Å². The van der Waals surface area contributed by atoms with Crippen LogP contribution < -0.4 is 5.32 Å². The Labute approximate surface area is 182 Å². The standard InChI is InChI=1S/C24H26N4O3/c1-31-22(29)18-26-17-21(16-25)24(30)28-14-12-27(13-15-28)23(19-8-4-2-5-9-19)20-10-6-3-7-11-20/h2-11,17,23,26H,12-15,18H2,1H3/b21-17-. The topological polar surface area (TPSA) is 85.7 Å². The number of ether oxygens (including phenoxy) is 1. The van der Waals surface area contributed by atoms with E-state index in [1.165, 1.54) is 24.4 Å². The molecule has 1 aliphatic heterocycles. The van der Waals surface area contributed by atoms with Crippen LogP contribution in [0.4, 0.5) is 0 Å². The maximum absolute atomic E-state index is 12.8. The van der Waals surface area contributed by atoms with Crippen LogP contribution in [0.15, 0.2) is 72.4 Å². The zero-order valence-corrected chi connectivity index (χ0v) is 17.5. The van der Waals surface area contributed by atoms with Crippen molar-refractivity contribution in [3.63, 3.8) is 0 Å². The van der Waals surface area contributed by atoms with E-state index < -0.39 is 5.97 Å². The normalized spacial score (nSPS) is 14.7. The maximum Gasteiger partial charge on any atom is 0.325 e. The molecule has 1 amide bonds. The van der Waals surface area contributed by atoms with Gasteiger partial charge in [0.15, 0.2) is 0 Å². The third-order valence-electron chi connectivity index (χ3n) is 5.27. The van der Waals surface area contributed by atoms with E-state index in [9.17, 15) is 14.9 Å². The highest BCUT2D eigenvalue weighted by atomic mass is 16.5. The molecule has 1 N–H and O–H groups in total. The molecule has 2 aromatic rings. The van der Waals surface area contributed by atoms with Crippen LogP contribution in [0.2, 0.25) is 0 Å². The number of piperazine rings is 1. The SMILES string of the molecule is COC(=O)CN/C=C(/C#N)C(=O)N1CCN(C(c2ccccc2)c2ccccc2)CC1. The zero-order chi connectivity index (χ0) is 22.1. The van der Waals surface area contributed by atoms with Crippen molar-refractivity contribution in [1.29, 1.82) is 5.26 Å². The fourth-order valence-corrected chi connectivity index (χ4v) is 3.69. The summed E-state index contributed by atoms with van der Waals surface area (Å²) in [4.78, 5) is 28.0. The highest BCUT2D eigenvalue weighted by Gasteiger charge is 2.29. The van der Waals surface area contributed by atoms with Crippen LogP contribution in [-0.4, -0.2) is 61.5 Å². The Bertz CT molecular complexity index is 906. The van der Waals surface area contributed by atoms with Crippen molar-refractivity contribution in [1.82, 2.24) is 15.1 Å². The van der Waals surface area contributed by atoms with Gasteiger partial charge < -0.3 is 15.0 Å². The average molecular weight is 418 g/mol. The monoisotopic (exact) mass is 418 g/mol. The number of carbonyl (C=O) groups is 2. The van der Waals surface area contributed by atoms with Gasteiger partial charge in [-0.05, 0) is 11.1 Å². The summed E-state index contributed by atoms with van der Waals surface area (Å²) in [5.41, 5.74) is 2.39. The number of amides is 1. The van der Waals surface area contributed by atoms with Gasteiger partial charge in [-0.25, -0.2) is 0 Å². The predicted molar refractivity (Wildman–Crippen MR) is 117 cm³/mol. The van der Waals surface area contributed by atoms with E-state index in [-0.39, 0.29) is 24.1 Å². The second kappa shape index (κ2) is 11.0. The molecule has 0 aliphatic carbocycles. The minimum atomic E-state index is -0.470. The fraction of sp³-hybridized carbons (Fsp3) is 0.292. The summed E-state index contributed by atoms with van der Waals surface area (Å²) in [7, 11) is 1.28. The van der Waals surface area contributed by atoms with Gasteiger partial charge in [0, 0.05) is 32.4 Å². The smallest absolute Gasteiger partial charge is 0.325 e. The number of carbonyl (C=O) groups excluding carboxylic acids is 2. The lowest BCUT2D eigenvalue weighted by Crippen LogP contribution is -2.50. The highest BCUT2D eigenvalue weighted by molar-refractivity contribution is 5.97. The first-order valence-corrected chi connectivity index (χ1v) is 10.2. The molecular formula is C24H26N4O3. The number of nitrogens with zero attached hydrogens (tertiary/aromatic N) is 3. The Morgan fingerprint density at radius 2 is 1.58 bits per heavy atom. The minimum absolute atomic E-state index is 0.0278. The molecule has 1 saturated heterocycles. The van der Waals surface area contributed by atoms with Crippen molar-refractivity contribution in [2.24, 2.45) is 0 Å². The summed E-state index contributed by atoms with van der Waals surface area (Å²) in [6, 6.07) is 22.7. The van der Waals surface area contributed by atoms with Crippen LogP contribution in [0.1, 0.15) is 17.2 Å². The van der Waals surface area contributed by atoms with Crippen molar-refractivity contribution in [2.75, 3.05) is 39.8 Å². The molecule has 0 atom stereocenters. The Morgan fingerprint density at radius 1 is 1.03 bits per heavy atom. The number of esters is 1. The van der Waals surface area contributed by atoms with Crippen molar-refractivity contribution in [3.05, 3.63) is 83.6 Å². The second-order valence-corrected chi connectivity index (χ2v) is 7.18. The van der Waals surface area contributed by atoms with E-state index in [2.05, 4.69) is 39.2 Å². The van der Waals surface area contributed by atoms with Crippen LogP contribution in [0.5, 0.6) is 0 Å². The zero-order valence-electron chi connectivity index (χ0n) is 17.5. The fourth-order valence-electron chi connectivity index (χ4n) is 3.69. The maximum atomic E-state index is 12.8. The van der Waals surface area contributed by atoms with Gasteiger partial charge in [0.25, 0.3) is 5.91 Å². The summed E-state index contributed by atoms with van der Waals surface area (Å²) in [5, 5.41) is 12.0. The van der Waals surface area contributed by atoms with Crippen molar-refractivity contribution < 1.29 is 14.3 Å². The van der Waals surface area contributed by atoms with Crippen LogP contribution in [-0.2, 0) is 14.3 Å². The number of nitrogens with one attached hydrogen (secondary N) is 1. The summed E-state index contributed by atoms with van der Waals surface area (Å²) >= 11 is 0. The molecule has 7 heteroatoms. The molecule has 1 aliphatic rings. The van der Waals surface area contributed by atoms with Gasteiger partial charge >= 0.3 is 5.97 Å². The van der Waals surface area contributed by atoms with E-state index in [0.29, 0.717) is 26.2 Å². The lowest BCUT2D eigenvalue weighted by Gasteiger charge is -2.39. The molecule has 0 bridgehead atoms. The molecular weight excluding hydrogens is 392 g/mol. The van der Waals surface area contributed by atoms with Gasteiger partial charge in [-0.1, -0.05) is 60.7 Å². The molecule has 0 unspecified atom stereocenters. The van der Waals surface area contributed by atoms with E-state index in [1.54, 1.807) is 4.90 Å². The van der Waals surface area contributed by atoms with Gasteiger partial charge in [-0.2, -0.15) is 5.26 Å². The van der Waals surface area contributed by atoms with E-state index in [1.807, 2.05) is 42.5 Å². The molecule has 0 aromatic heterocycles. The van der Waals surface area contributed by atoms with Crippen molar-refractivity contribution in [2.45, 2.75) is 6.04 Å². The molecule has 31 heavy (non-hydrogen) atoms. The number of rotatable bonds is 7. The summed E-state index contributed by atoms with van der Waals surface area (Å²) < 4.78 is 4.54. The van der Waals surface area contributed by atoms with Crippen molar-refractivity contribution >= 4 is 11.9 Å². The summed E-state index contributed by atoms with van der Waals surface area (Å²) in [6.45, 7) is 2.32. The Hall–Kier alpha value is -3.63. The number of hydrogen-bond acceptors (Lipinski definition) is 6. The van der Waals surface area contributed by atoms with E-state index in [4.69, 9.17) is 0 Å².